The standard InChI is InChI=1S/C77H124O6/c1-4-7-10-13-16-19-22-25-28-31-34-36-38-40-43-46-49-52-55-58-61-64-67-70-76(79)82-73-74(72-81-75(78)69-66-63-60-57-54-51-48-45-42-33-30-27-24-21-18-15-12-9-6-3)83-77(80)71-68-65-62-59-56-53-50-47-44-41-39-37-35-32-29-26-23-20-17-14-11-8-5-2/h7-8,10-11,16-17,19-20,25-30,34-37,40-41,43-44,49,52,58,61,74H,4-6,9,12-15,18,21-24,31-33,38-39,42,45-48,50-51,53-57,59-60,62-73H2,1-3H3/b10-7-,11-8-,19-16-,20-17-,28-25-,29-26-,30-27-,36-34-,37-35-,43-40-,44-41-,52-49-,61-58-. The molecule has 0 amide bonds. The van der Waals surface area contributed by atoms with Gasteiger partial charge in [0.2, 0.25) is 0 Å². The lowest BCUT2D eigenvalue weighted by Gasteiger charge is -2.18. The summed E-state index contributed by atoms with van der Waals surface area (Å²) < 4.78 is 16.9. The maximum atomic E-state index is 13.0. The summed E-state index contributed by atoms with van der Waals surface area (Å²) in [5.41, 5.74) is 0. The highest BCUT2D eigenvalue weighted by Gasteiger charge is 2.19. The summed E-state index contributed by atoms with van der Waals surface area (Å²) in [6.45, 7) is 6.36. The SMILES string of the molecule is CC/C=C\C/C=C\C/C=C\C/C=C\C/C=C\C/C=C\C/C=C\CCCC(=O)OCC(COC(=O)CCCCCCCCCCC/C=C\CCCCCCCC)OC(=O)CCCCCCCCC/C=C\C/C=C\C/C=C\C/C=C\C/C=C\CC. The van der Waals surface area contributed by atoms with Crippen LogP contribution >= 0.6 is 0 Å². The van der Waals surface area contributed by atoms with Gasteiger partial charge in [-0.3, -0.25) is 14.4 Å². The second-order valence-corrected chi connectivity index (χ2v) is 22.0. The normalized spacial score (nSPS) is 13.1. The molecule has 0 aromatic carbocycles. The lowest BCUT2D eigenvalue weighted by Crippen LogP contribution is -2.30. The first-order valence-electron chi connectivity index (χ1n) is 34.0. The Bertz CT molecular complexity index is 1840. The third kappa shape index (κ3) is 67.7. The van der Waals surface area contributed by atoms with Gasteiger partial charge in [0, 0.05) is 19.3 Å². The first-order chi connectivity index (χ1) is 41.0. The molecular formula is C77H124O6. The van der Waals surface area contributed by atoms with E-state index in [-0.39, 0.29) is 37.5 Å². The highest BCUT2D eigenvalue weighted by Crippen LogP contribution is 2.15. The summed E-state index contributed by atoms with van der Waals surface area (Å²) in [7, 11) is 0. The van der Waals surface area contributed by atoms with Crippen LogP contribution in [0, 0.1) is 0 Å². The number of esters is 3. The summed E-state index contributed by atoms with van der Waals surface area (Å²) in [6, 6.07) is 0. The number of carbonyl (C=O) groups excluding carboxylic acids is 3. The van der Waals surface area contributed by atoms with Crippen molar-refractivity contribution >= 4 is 17.9 Å². The highest BCUT2D eigenvalue weighted by molar-refractivity contribution is 5.71. The van der Waals surface area contributed by atoms with Gasteiger partial charge in [-0.2, -0.15) is 0 Å². The Hall–Kier alpha value is -4.97. The first kappa shape index (κ1) is 78.0. The van der Waals surface area contributed by atoms with Gasteiger partial charge in [-0.25, -0.2) is 0 Å². The Morgan fingerprint density at radius 1 is 0.253 bits per heavy atom. The molecule has 1 atom stereocenters. The Labute approximate surface area is 511 Å². The zero-order valence-electron chi connectivity index (χ0n) is 53.7. The van der Waals surface area contributed by atoms with Crippen molar-refractivity contribution in [1.82, 2.24) is 0 Å². The van der Waals surface area contributed by atoms with Crippen LogP contribution < -0.4 is 0 Å². The highest BCUT2D eigenvalue weighted by atomic mass is 16.6. The van der Waals surface area contributed by atoms with Crippen molar-refractivity contribution < 1.29 is 28.6 Å². The molecule has 0 saturated heterocycles. The molecule has 0 saturated carbocycles. The van der Waals surface area contributed by atoms with Crippen LogP contribution in [0.5, 0.6) is 0 Å². The van der Waals surface area contributed by atoms with Gasteiger partial charge in [-0.1, -0.05) is 288 Å². The molecule has 6 nitrogen and oxygen atoms in total. The minimum atomic E-state index is -0.819. The number of hydrogen-bond acceptors (Lipinski definition) is 6. The molecule has 83 heavy (non-hydrogen) atoms. The molecule has 0 aliphatic heterocycles. The Balaban J connectivity index is 4.54. The number of rotatable bonds is 60. The van der Waals surface area contributed by atoms with E-state index in [2.05, 4.69) is 179 Å². The van der Waals surface area contributed by atoms with E-state index in [1.165, 1.54) is 109 Å². The van der Waals surface area contributed by atoms with Crippen LogP contribution in [-0.2, 0) is 28.6 Å². The number of carbonyl (C=O) groups is 3. The Morgan fingerprint density at radius 2 is 0.482 bits per heavy atom. The van der Waals surface area contributed by atoms with Crippen LogP contribution in [0.15, 0.2) is 158 Å². The van der Waals surface area contributed by atoms with Gasteiger partial charge in [-0.15, -0.1) is 0 Å². The van der Waals surface area contributed by atoms with E-state index in [0.29, 0.717) is 19.3 Å². The molecule has 0 heterocycles. The number of hydrogen-bond donors (Lipinski definition) is 0. The maximum absolute atomic E-state index is 13.0. The fraction of sp³-hybridized carbons (Fsp3) is 0.623. The van der Waals surface area contributed by atoms with Crippen LogP contribution in [-0.4, -0.2) is 37.2 Å². The minimum absolute atomic E-state index is 0.107. The van der Waals surface area contributed by atoms with E-state index >= 15 is 0 Å². The van der Waals surface area contributed by atoms with Crippen molar-refractivity contribution in [2.75, 3.05) is 13.2 Å². The fourth-order valence-electron chi connectivity index (χ4n) is 8.98. The molecule has 0 N–H and O–H groups in total. The summed E-state index contributed by atoms with van der Waals surface area (Å²) in [6.07, 6.45) is 101. The molecule has 468 valence electrons. The van der Waals surface area contributed by atoms with Gasteiger partial charge in [0.25, 0.3) is 0 Å². The predicted octanol–water partition coefficient (Wildman–Crippen LogP) is 23.7. The molecule has 0 spiro atoms. The molecule has 0 rings (SSSR count). The zero-order valence-corrected chi connectivity index (χ0v) is 53.7. The van der Waals surface area contributed by atoms with Gasteiger partial charge in [0.05, 0.1) is 0 Å². The third-order valence-corrected chi connectivity index (χ3v) is 14.0. The third-order valence-electron chi connectivity index (χ3n) is 14.0. The molecule has 0 aliphatic rings. The molecule has 0 aliphatic carbocycles. The van der Waals surface area contributed by atoms with Gasteiger partial charge >= 0.3 is 17.9 Å². The number of allylic oxidation sites excluding steroid dienone is 26. The van der Waals surface area contributed by atoms with Gasteiger partial charge < -0.3 is 14.2 Å². The fourth-order valence-corrected chi connectivity index (χ4v) is 8.98. The molecule has 0 aromatic heterocycles. The molecule has 1 unspecified atom stereocenters. The maximum Gasteiger partial charge on any atom is 0.306 e. The second kappa shape index (κ2) is 69.5. The topological polar surface area (TPSA) is 78.9 Å². The zero-order chi connectivity index (χ0) is 59.9. The van der Waals surface area contributed by atoms with Crippen LogP contribution in [0.3, 0.4) is 0 Å². The van der Waals surface area contributed by atoms with E-state index in [1.807, 2.05) is 0 Å². The largest absolute Gasteiger partial charge is 0.462 e. The van der Waals surface area contributed by atoms with E-state index in [9.17, 15) is 14.4 Å². The minimum Gasteiger partial charge on any atom is -0.462 e. The Kier molecular flexibility index (Phi) is 65.4. The molecule has 0 fully saturated rings. The molecule has 6 heteroatoms. The van der Waals surface area contributed by atoms with Crippen molar-refractivity contribution in [2.45, 2.75) is 297 Å². The van der Waals surface area contributed by atoms with Crippen LogP contribution in [0.25, 0.3) is 0 Å². The van der Waals surface area contributed by atoms with Gasteiger partial charge in [0.15, 0.2) is 6.10 Å². The summed E-state index contributed by atoms with van der Waals surface area (Å²) >= 11 is 0. The summed E-state index contributed by atoms with van der Waals surface area (Å²) in [5.74, 6) is -0.981. The van der Waals surface area contributed by atoms with Crippen molar-refractivity contribution in [2.24, 2.45) is 0 Å². The monoisotopic (exact) mass is 1140 g/mol. The van der Waals surface area contributed by atoms with Gasteiger partial charge in [-0.05, 0) is 141 Å². The van der Waals surface area contributed by atoms with Crippen molar-refractivity contribution in [3.8, 4) is 0 Å². The lowest BCUT2D eigenvalue weighted by atomic mass is 10.1. The quantitative estimate of drug-likeness (QED) is 0.0261. The first-order valence-corrected chi connectivity index (χ1v) is 34.0. The molecule has 0 bridgehead atoms. The van der Waals surface area contributed by atoms with Crippen molar-refractivity contribution in [1.29, 1.82) is 0 Å². The van der Waals surface area contributed by atoms with E-state index in [0.717, 1.165) is 135 Å². The van der Waals surface area contributed by atoms with Crippen molar-refractivity contribution in [3.05, 3.63) is 158 Å². The Morgan fingerprint density at radius 3 is 0.795 bits per heavy atom. The van der Waals surface area contributed by atoms with Gasteiger partial charge in [0.1, 0.15) is 13.2 Å². The predicted molar refractivity (Wildman–Crippen MR) is 362 cm³/mol. The number of ether oxygens (including phenoxy) is 3. The van der Waals surface area contributed by atoms with E-state index in [1.54, 1.807) is 0 Å². The molecular weight excluding hydrogens is 1020 g/mol. The molecule has 0 radical (unpaired) electrons. The molecule has 0 aromatic rings. The summed E-state index contributed by atoms with van der Waals surface area (Å²) in [4.78, 5) is 38.4. The second-order valence-electron chi connectivity index (χ2n) is 22.0. The average molecular weight is 1150 g/mol. The van der Waals surface area contributed by atoms with Crippen LogP contribution in [0.4, 0.5) is 0 Å². The smallest absolute Gasteiger partial charge is 0.306 e. The van der Waals surface area contributed by atoms with Crippen LogP contribution in [0.1, 0.15) is 290 Å². The summed E-state index contributed by atoms with van der Waals surface area (Å²) in [5, 5.41) is 0. The van der Waals surface area contributed by atoms with Crippen molar-refractivity contribution in [3.63, 3.8) is 0 Å². The van der Waals surface area contributed by atoms with E-state index < -0.39 is 6.10 Å². The average Bonchev–Trinajstić information content (AvgIpc) is 3.49. The van der Waals surface area contributed by atoms with Crippen LogP contribution in [0.2, 0.25) is 0 Å². The number of unbranched alkanes of at least 4 members (excludes halogenated alkanes) is 23. The van der Waals surface area contributed by atoms with E-state index in [4.69, 9.17) is 14.2 Å². The lowest BCUT2D eigenvalue weighted by molar-refractivity contribution is -0.167.